The van der Waals surface area contributed by atoms with Gasteiger partial charge in [0.25, 0.3) is 0 Å². The van der Waals surface area contributed by atoms with Crippen molar-refractivity contribution in [1.29, 1.82) is 0 Å². The minimum atomic E-state index is -2.36. The highest BCUT2D eigenvalue weighted by molar-refractivity contribution is 5.98. The highest BCUT2D eigenvalue weighted by Gasteiger charge is 2.49. The number of phenolic OH excluding ortho intramolecular Hbond substituents is 1. The number of aliphatic hydroxyl groups is 8. The van der Waals surface area contributed by atoms with E-state index in [1.165, 1.54) is 6.42 Å². The molecule has 0 aliphatic carbocycles. The highest BCUT2D eigenvalue weighted by Crippen LogP contribution is 2.27. The fourth-order valence-corrected chi connectivity index (χ4v) is 9.79. The third-order valence-electron chi connectivity index (χ3n) is 14.3. The molecular weight excluding hydrogens is 985 g/mol. The first-order valence-corrected chi connectivity index (χ1v) is 26.0. The standard InChI is InChI=1S/C50H80N8O17/c1-5-25(2)20-26(3)12-10-8-6-7-9-11-13-37(66)52-31-22-35(64)46(71)56-48(73)41-33(62)18-19-57(41)50(75)39(34(63)23-36(51)65)54-47(72)40(43(68)42(67)28-14-16-29(60)17-15-28)55-45(70)32-21-30(61)24-58(32)49(74)38(27(4)59)53-44(31)69/h14-17,25-27,30-35,38-43,46,59-64,67-68,71H,5-13,18-24H2,1-4H3,(H2,51,65)(H,52,66)(H,53,69)(H,54,72)(H,55,70)(H,56,73)/t25?,26?,27?,30?,31-,32-,33?,34?,35?,38-,39-,40-,41-,42?,43?,46?/m0/s1. The topological polar surface area (TPSA) is 411 Å². The minimum absolute atomic E-state index is 0.0795. The molecule has 1 aromatic carbocycles. The van der Waals surface area contributed by atoms with Gasteiger partial charge in [0, 0.05) is 32.4 Å². The molecule has 0 radical (unpaired) electrons. The Hall–Kier alpha value is -5.54. The molecule has 422 valence electrons. The van der Waals surface area contributed by atoms with Crippen molar-refractivity contribution in [1.82, 2.24) is 36.4 Å². The Morgan fingerprint density at radius 3 is 1.95 bits per heavy atom. The molecule has 25 heteroatoms. The van der Waals surface area contributed by atoms with E-state index in [9.17, 15) is 84.3 Å². The maximum Gasteiger partial charge on any atom is 0.248 e. The van der Waals surface area contributed by atoms with Gasteiger partial charge in [-0.15, -0.1) is 0 Å². The van der Waals surface area contributed by atoms with Crippen molar-refractivity contribution in [2.24, 2.45) is 17.6 Å². The Kier molecular flexibility index (Phi) is 24.1. The summed E-state index contributed by atoms with van der Waals surface area (Å²) in [6, 6.07) is -7.37. The van der Waals surface area contributed by atoms with Crippen LogP contribution in [-0.2, 0) is 38.4 Å². The number of carbonyl (C=O) groups is 8. The summed E-state index contributed by atoms with van der Waals surface area (Å²) in [5, 5.41) is 110. The zero-order valence-corrected chi connectivity index (χ0v) is 43.1. The van der Waals surface area contributed by atoms with Crippen LogP contribution < -0.4 is 32.3 Å². The van der Waals surface area contributed by atoms with Crippen LogP contribution >= 0.6 is 0 Å². The van der Waals surface area contributed by atoms with E-state index in [1.807, 2.05) is 0 Å². The number of primary amides is 1. The van der Waals surface area contributed by atoms with Gasteiger partial charge in [-0.25, -0.2) is 0 Å². The fourth-order valence-electron chi connectivity index (χ4n) is 9.79. The summed E-state index contributed by atoms with van der Waals surface area (Å²) < 4.78 is 0. The number of phenols is 1. The summed E-state index contributed by atoms with van der Waals surface area (Å²) in [5.74, 6) is -8.59. The van der Waals surface area contributed by atoms with Crippen LogP contribution in [0.5, 0.6) is 5.75 Å². The molecule has 16 atom stereocenters. The van der Waals surface area contributed by atoms with Gasteiger partial charge in [0.2, 0.25) is 47.3 Å². The number of hydrogen-bond acceptors (Lipinski definition) is 17. The molecule has 25 nitrogen and oxygen atoms in total. The molecular formula is C50H80N8O17. The summed E-state index contributed by atoms with van der Waals surface area (Å²) in [7, 11) is 0. The number of rotatable bonds is 20. The van der Waals surface area contributed by atoms with E-state index in [1.54, 1.807) is 0 Å². The normalized spacial score (nSPS) is 29.0. The quantitative estimate of drug-likeness (QED) is 0.0568. The number of aliphatic hydroxyl groups excluding tert-OH is 8. The average Bonchev–Trinajstić information content (AvgIpc) is 3.95. The minimum Gasteiger partial charge on any atom is -0.508 e. The van der Waals surface area contributed by atoms with E-state index in [4.69, 9.17) is 5.73 Å². The van der Waals surface area contributed by atoms with Crippen molar-refractivity contribution >= 4 is 47.3 Å². The second-order valence-electron chi connectivity index (χ2n) is 20.6. The van der Waals surface area contributed by atoms with Gasteiger partial charge in [-0.1, -0.05) is 77.8 Å². The van der Waals surface area contributed by atoms with Crippen LogP contribution in [0.25, 0.3) is 0 Å². The zero-order chi connectivity index (χ0) is 55.8. The fraction of sp³-hybridized carbons (Fsp3) is 0.720. The largest absolute Gasteiger partial charge is 0.508 e. The van der Waals surface area contributed by atoms with Crippen LogP contribution in [0.15, 0.2) is 24.3 Å². The Bertz CT molecular complexity index is 2100. The molecule has 3 aliphatic rings. The van der Waals surface area contributed by atoms with Gasteiger partial charge in [0.15, 0.2) is 6.23 Å². The van der Waals surface area contributed by atoms with E-state index in [-0.39, 0.29) is 24.2 Å². The van der Waals surface area contributed by atoms with Crippen LogP contribution in [0.3, 0.4) is 0 Å². The summed E-state index contributed by atoms with van der Waals surface area (Å²) in [6.45, 7) is 6.76. The van der Waals surface area contributed by atoms with Crippen LogP contribution in [0.2, 0.25) is 0 Å². The molecule has 75 heavy (non-hydrogen) atoms. The van der Waals surface area contributed by atoms with Crippen LogP contribution in [0.1, 0.15) is 129 Å². The molecule has 3 aliphatic heterocycles. The predicted molar refractivity (Wildman–Crippen MR) is 265 cm³/mol. The van der Waals surface area contributed by atoms with Gasteiger partial charge in [0.1, 0.15) is 60.3 Å². The van der Waals surface area contributed by atoms with E-state index in [0.29, 0.717) is 29.6 Å². The first kappa shape index (κ1) is 62.0. The molecule has 1 aromatic rings. The maximum atomic E-state index is 14.4. The summed E-state index contributed by atoms with van der Waals surface area (Å²) >= 11 is 0. The van der Waals surface area contributed by atoms with Crippen LogP contribution in [0, 0.1) is 11.8 Å². The number of aromatic hydroxyl groups is 1. The Balaban J connectivity index is 1.69. The summed E-state index contributed by atoms with van der Waals surface area (Å²) in [6.07, 6.45) is -10.2. The molecule has 0 aromatic heterocycles. The van der Waals surface area contributed by atoms with Gasteiger partial charge in [-0.05, 0) is 55.7 Å². The molecule has 3 fully saturated rings. The van der Waals surface area contributed by atoms with Gasteiger partial charge in [0.05, 0.1) is 30.8 Å². The summed E-state index contributed by atoms with van der Waals surface area (Å²) in [4.78, 5) is 112. The number of nitrogens with two attached hydrogens (primary N) is 1. The van der Waals surface area contributed by atoms with Gasteiger partial charge < -0.3 is 88.1 Å². The lowest BCUT2D eigenvalue weighted by Gasteiger charge is -2.34. The molecule has 3 saturated heterocycles. The van der Waals surface area contributed by atoms with E-state index >= 15 is 0 Å². The second-order valence-corrected chi connectivity index (χ2v) is 20.6. The number of hydrogen-bond donors (Lipinski definition) is 15. The number of benzene rings is 1. The van der Waals surface area contributed by atoms with Crippen molar-refractivity contribution in [3.8, 4) is 5.75 Å². The molecule has 8 amide bonds. The van der Waals surface area contributed by atoms with Crippen molar-refractivity contribution in [2.75, 3.05) is 13.1 Å². The molecule has 4 rings (SSSR count). The monoisotopic (exact) mass is 1060 g/mol. The first-order valence-electron chi connectivity index (χ1n) is 26.0. The Morgan fingerprint density at radius 1 is 0.720 bits per heavy atom. The predicted octanol–water partition coefficient (Wildman–Crippen LogP) is -3.34. The van der Waals surface area contributed by atoms with Crippen molar-refractivity contribution in [3.63, 3.8) is 0 Å². The average molecular weight is 1070 g/mol. The number of carbonyl (C=O) groups excluding carboxylic acids is 8. The number of nitrogens with one attached hydrogen (secondary N) is 5. The van der Waals surface area contributed by atoms with E-state index in [0.717, 1.165) is 74.6 Å². The second kappa shape index (κ2) is 29.1. The number of nitrogens with zero attached hydrogens (tertiary/aromatic N) is 2. The third kappa shape index (κ3) is 17.8. The Morgan fingerprint density at radius 2 is 1.32 bits per heavy atom. The van der Waals surface area contributed by atoms with Crippen LogP contribution in [0.4, 0.5) is 0 Å². The van der Waals surface area contributed by atoms with Crippen LogP contribution in [-0.4, -0.2) is 195 Å². The van der Waals surface area contributed by atoms with E-state index in [2.05, 4.69) is 47.4 Å². The molecule has 16 N–H and O–H groups in total. The maximum absolute atomic E-state index is 14.4. The van der Waals surface area contributed by atoms with Crippen molar-refractivity contribution in [2.45, 2.75) is 203 Å². The van der Waals surface area contributed by atoms with Crippen molar-refractivity contribution in [3.05, 3.63) is 29.8 Å². The molecule has 0 bridgehead atoms. The number of amides is 8. The smallest absolute Gasteiger partial charge is 0.248 e. The molecule has 0 saturated carbocycles. The lowest BCUT2D eigenvalue weighted by atomic mass is 9.91. The molecule has 0 spiro atoms. The lowest BCUT2D eigenvalue weighted by Crippen LogP contribution is -2.64. The number of unbranched alkanes of at least 4 members (excludes halogenated alkanes) is 5. The van der Waals surface area contributed by atoms with Crippen molar-refractivity contribution < 1.29 is 84.3 Å². The summed E-state index contributed by atoms with van der Waals surface area (Å²) in [5.41, 5.74) is 5.21. The first-order chi connectivity index (χ1) is 35.3. The number of fused-ring (bicyclic) bond motifs is 2. The van der Waals surface area contributed by atoms with Gasteiger partial charge in [-0.3, -0.25) is 38.4 Å². The third-order valence-corrected chi connectivity index (χ3v) is 14.3. The van der Waals surface area contributed by atoms with E-state index < -0.39 is 165 Å². The zero-order valence-electron chi connectivity index (χ0n) is 43.1. The molecule has 10 unspecified atom stereocenters. The van der Waals surface area contributed by atoms with Gasteiger partial charge >= 0.3 is 0 Å². The molecule has 3 heterocycles. The SMILES string of the molecule is CCC(C)CC(C)CCCCCCCCC(=O)N[C@H]1CC(O)C(O)NC(=O)[C@@H]2C(O)CCN2C(=O)[C@H](C(O)CC(N)=O)NC(=O)[C@H](C(O)C(O)c2ccc(O)cc2)NC(=O)[C@@H]2CC(O)CN2C(=O)[C@H](C(C)O)NC1=O. The highest BCUT2D eigenvalue weighted by atomic mass is 16.3. The Labute approximate surface area is 436 Å². The lowest BCUT2D eigenvalue weighted by molar-refractivity contribution is -0.149. The van der Waals surface area contributed by atoms with Gasteiger partial charge in [-0.2, -0.15) is 0 Å².